The molecule has 2 aromatic carbocycles. The maximum absolute atomic E-state index is 6.15. The third kappa shape index (κ3) is 2.25. The number of benzene rings is 2. The number of halogens is 2. The molecule has 0 aliphatic carbocycles. The SMILES string of the molecule is CC1Oc2ccc(Cl)cc2C2CC(c3ccc(Cl)cc3)=NN12. The topological polar surface area (TPSA) is 24.8 Å². The average Bonchev–Trinajstić information content (AvgIpc) is 2.95. The minimum absolute atomic E-state index is 0.0940. The van der Waals surface area contributed by atoms with E-state index in [-0.39, 0.29) is 12.3 Å². The second-order valence-corrected chi connectivity index (χ2v) is 6.43. The Labute approximate surface area is 139 Å². The lowest BCUT2D eigenvalue weighted by molar-refractivity contribution is -0.00334. The fourth-order valence-corrected chi connectivity index (χ4v) is 3.36. The Balaban J connectivity index is 1.72. The Bertz CT molecular complexity index is 758. The van der Waals surface area contributed by atoms with Gasteiger partial charge >= 0.3 is 0 Å². The summed E-state index contributed by atoms with van der Waals surface area (Å²) in [7, 11) is 0. The van der Waals surface area contributed by atoms with Gasteiger partial charge in [0, 0.05) is 22.0 Å². The van der Waals surface area contributed by atoms with Crippen LogP contribution in [0.2, 0.25) is 10.0 Å². The maximum atomic E-state index is 6.15. The molecule has 0 bridgehead atoms. The largest absolute Gasteiger partial charge is 0.469 e. The predicted molar refractivity (Wildman–Crippen MR) is 88.7 cm³/mol. The van der Waals surface area contributed by atoms with Crippen molar-refractivity contribution in [3.05, 3.63) is 63.6 Å². The summed E-state index contributed by atoms with van der Waals surface area (Å²) in [4.78, 5) is 0. The summed E-state index contributed by atoms with van der Waals surface area (Å²) in [6.07, 6.45) is 0.742. The molecule has 0 amide bonds. The van der Waals surface area contributed by atoms with E-state index >= 15 is 0 Å². The first-order valence-corrected chi connectivity index (χ1v) is 7.95. The molecule has 0 radical (unpaired) electrons. The molecule has 2 aliphatic heterocycles. The van der Waals surface area contributed by atoms with Gasteiger partial charge in [0.1, 0.15) is 5.75 Å². The van der Waals surface area contributed by atoms with Crippen molar-refractivity contribution in [1.29, 1.82) is 0 Å². The lowest BCUT2D eigenvalue weighted by atomic mass is 9.97. The molecule has 0 aromatic heterocycles. The van der Waals surface area contributed by atoms with Crippen LogP contribution in [-0.4, -0.2) is 16.9 Å². The van der Waals surface area contributed by atoms with Gasteiger partial charge in [-0.2, -0.15) is 5.10 Å². The van der Waals surface area contributed by atoms with E-state index in [4.69, 9.17) is 33.0 Å². The molecule has 22 heavy (non-hydrogen) atoms. The minimum atomic E-state index is -0.0940. The van der Waals surface area contributed by atoms with Crippen LogP contribution in [0.4, 0.5) is 0 Å². The van der Waals surface area contributed by atoms with Gasteiger partial charge in [-0.15, -0.1) is 0 Å². The molecule has 0 fully saturated rings. The standard InChI is InChI=1S/C17H14Cl2N2O/c1-10-21-16(14-8-13(19)6-7-17(14)22-10)9-15(20-21)11-2-4-12(18)5-3-11/h2-8,10,16H,9H2,1H3. The zero-order chi connectivity index (χ0) is 15.3. The first-order chi connectivity index (χ1) is 10.6. The first-order valence-electron chi connectivity index (χ1n) is 7.20. The average molecular weight is 333 g/mol. The Kier molecular flexibility index (Phi) is 3.28. The van der Waals surface area contributed by atoms with Crippen LogP contribution in [0, 0.1) is 0 Å². The van der Waals surface area contributed by atoms with E-state index in [1.54, 1.807) is 0 Å². The molecular formula is C17H14Cl2N2O. The third-order valence-electron chi connectivity index (χ3n) is 4.12. The molecule has 2 aliphatic rings. The second-order valence-electron chi connectivity index (χ2n) is 5.55. The quantitative estimate of drug-likeness (QED) is 0.743. The van der Waals surface area contributed by atoms with Crippen molar-refractivity contribution < 1.29 is 4.74 Å². The molecule has 2 unspecified atom stereocenters. The molecule has 0 spiro atoms. The zero-order valence-corrected chi connectivity index (χ0v) is 13.5. The number of ether oxygens (including phenoxy) is 1. The lowest BCUT2D eigenvalue weighted by Gasteiger charge is -2.36. The first kappa shape index (κ1) is 13.9. The van der Waals surface area contributed by atoms with Gasteiger partial charge in [0.25, 0.3) is 0 Å². The van der Waals surface area contributed by atoms with Crippen molar-refractivity contribution in [1.82, 2.24) is 5.01 Å². The van der Waals surface area contributed by atoms with Gasteiger partial charge in [-0.1, -0.05) is 35.3 Å². The fraction of sp³-hybridized carbons (Fsp3) is 0.235. The van der Waals surface area contributed by atoms with E-state index in [0.717, 1.165) is 39.1 Å². The highest BCUT2D eigenvalue weighted by molar-refractivity contribution is 6.31. The summed E-state index contributed by atoms with van der Waals surface area (Å²) in [5, 5.41) is 8.22. The van der Waals surface area contributed by atoms with Crippen LogP contribution >= 0.6 is 23.2 Å². The number of nitrogens with zero attached hydrogens (tertiary/aromatic N) is 2. The Morgan fingerprint density at radius 2 is 1.82 bits per heavy atom. The van der Waals surface area contributed by atoms with Crippen molar-refractivity contribution >= 4 is 28.9 Å². The van der Waals surface area contributed by atoms with Crippen molar-refractivity contribution in [2.24, 2.45) is 5.10 Å². The van der Waals surface area contributed by atoms with Crippen molar-refractivity contribution in [3.8, 4) is 5.75 Å². The van der Waals surface area contributed by atoms with E-state index < -0.39 is 0 Å². The van der Waals surface area contributed by atoms with Gasteiger partial charge in [-0.3, -0.25) is 5.01 Å². The van der Waals surface area contributed by atoms with Crippen molar-refractivity contribution in [2.45, 2.75) is 25.6 Å². The highest BCUT2D eigenvalue weighted by atomic mass is 35.5. The van der Waals surface area contributed by atoms with Gasteiger partial charge in [0.2, 0.25) is 0 Å². The number of rotatable bonds is 1. The molecule has 0 saturated heterocycles. The summed E-state index contributed by atoms with van der Waals surface area (Å²) >= 11 is 12.1. The van der Waals surface area contributed by atoms with Gasteiger partial charge in [0.15, 0.2) is 6.23 Å². The molecule has 3 nitrogen and oxygen atoms in total. The van der Waals surface area contributed by atoms with Crippen LogP contribution in [0.3, 0.4) is 0 Å². The van der Waals surface area contributed by atoms with E-state index in [9.17, 15) is 0 Å². The van der Waals surface area contributed by atoms with Crippen LogP contribution in [0.1, 0.15) is 30.5 Å². The molecular weight excluding hydrogens is 319 g/mol. The molecule has 2 heterocycles. The molecule has 2 aromatic rings. The van der Waals surface area contributed by atoms with Crippen molar-refractivity contribution in [2.75, 3.05) is 0 Å². The number of hydrazone groups is 1. The van der Waals surface area contributed by atoms with Gasteiger partial charge in [-0.05, 0) is 42.8 Å². The minimum Gasteiger partial charge on any atom is -0.469 e. The molecule has 112 valence electrons. The fourth-order valence-electron chi connectivity index (χ4n) is 3.06. The highest BCUT2D eigenvalue weighted by Gasteiger charge is 2.38. The van der Waals surface area contributed by atoms with Gasteiger partial charge < -0.3 is 4.74 Å². The van der Waals surface area contributed by atoms with E-state index in [1.165, 1.54) is 0 Å². The smallest absolute Gasteiger partial charge is 0.185 e. The Morgan fingerprint density at radius 1 is 1.09 bits per heavy atom. The summed E-state index contributed by atoms with van der Waals surface area (Å²) in [6, 6.07) is 13.7. The van der Waals surface area contributed by atoms with Crippen LogP contribution in [-0.2, 0) is 0 Å². The monoisotopic (exact) mass is 332 g/mol. The maximum Gasteiger partial charge on any atom is 0.185 e. The summed E-state index contributed by atoms with van der Waals surface area (Å²) in [5.74, 6) is 0.894. The summed E-state index contributed by atoms with van der Waals surface area (Å²) < 4.78 is 5.94. The summed E-state index contributed by atoms with van der Waals surface area (Å²) in [6.45, 7) is 2.01. The Hall–Kier alpha value is -1.71. The summed E-state index contributed by atoms with van der Waals surface area (Å²) in [5.41, 5.74) is 3.23. The highest BCUT2D eigenvalue weighted by Crippen LogP contribution is 2.43. The number of hydrogen-bond acceptors (Lipinski definition) is 3. The second kappa shape index (κ2) is 5.18. The number of fused-ring (bicyclic) bond motifs is 3. The zero-order valence-electron chi connectivity index (χ0n) is 12.0. The van der Waals surface area contributed by atoms with E-state index in [0.29, 0.717) is 0 Å². The van der Waals surface area contributed by atoms with Crippen molar-refractivity contribution in [3.63, 3.8) is 0 Å². The van der Waals surface area contributed by atoms with Crippen LogP contribution in [0.15, 0.2) is 47.6 Å². The van der Waals surface area contributed by atoms with Gasteiger partial charge in [0.05, 0.1) is 11.8 Å². The molecule has 0 N–H and O–H groups in total. The van der Waals surface area contributed by atoms with E-state index in [1.807, 2.05) is 54.4 Å². The van der Waals surface area contributed by atoms with Crippen LogP contribution < -0.4 is 4.74 Å². The molecule has 0 saturated carbocycles. The van der Waals surface area contributed by atoms with E-state index in [2.05, 4.69) is 0 Å². The Morgan fingerprint density at radius 3 is 2.59 bits per heavy atom. The van der Waals surface area contributed by atoms with Gasteiger partial charge in [-0.25, -0.2) is 0 Å². The lowest BCUT2D eigenvalue weighted by Crippen LogP contribution is -2.37. The van der Waals surface area contributed by atoms with Crippen LogP contribution in [0.5, 0.6) is 5.75 Å². The molecule has 5 heteroatoms. The molecule has 4 rings (SSSR count). The van der Waals surface area contributed by atoms with Crippen LogP contribution in [0.25, 0.3) is 0 Å². The number of hydrogen-bond donors (Lipinski definition) is 0. The normalized spacial score (nSPS) is 22.7. The third-order valence-corrected chi connectivity index (χ3v) is 4.61. The predicted octanol–water partition coefficient (Wildman–Crippen LogP) is 4.88. The molecule has 2 atom stereocenters.